The molecule has 1 aliphatic rings. The number of benzene rings is 2. The average Bonchev–Trinajstić information content (AvgIpc) is 2.85. The Morgan fingerprint density at radius 3 is 2.26 bits per heavy atom. The van der Waals surface area contributed by atoms with Crippen LogP contribution in [0.25, 0.3) is 22.3 Å². The zero-order valence-corrected chi connectivity index (χ0v) is 13.0. The first-order valence-electron chi connectivity index (χ1n) is 6.89. The fourth-order valence-electron chi connectivity index (χ4n) is 2.89. The number of hydrogen-bond donors (Lipinski definition) is 0. The topological polar surface area (TPSA) is 104 Å². The van der Waals surface area contributed by atoms with Crippen LogP contribution < -0.4 is 18.6 Å². The van der Waals surface area contributed by atoms with Crippen LogP contribution in [-0.4, -0.2) is 0 Å². The van der Waals surface area contributed by atoms with Gasteiger partial charge in [-0.15, -0.1) is 10.2 Å². The summed E-state index contributed by atoms with van der Waals surface area (Å²) in [7, 11) is -4.94. The molecule has 1 aliphatic carbocycles. The van der Waals surface area contributed by atoms with Crippen molar-refractivity contribution in [2.75, 3.05) is 0 Å². The lowest BCUT2D eigenvalue weighted by Crippen LogP contribution is -2.68. The Bertz CT molecular complexity index is 864. The maximum atomic E-state index is 8.49. The first-order valence-corrected chi connectivity index (χ1v) is 8.12. The Balaban J connectivity index is 0.000000276. The number of halogens is 1. The highest BCUT2D eigenvalue weighted by Gasteiger charge is 2.32. The molecule has 5 nitrogen and oxygen atoms in total. The molecule has 0 N–H and O–H groups in total. The van der Waals surface area contributed by atoms with Gasteiger partial charge in [0.15, 0.2) is 0 Å². The molecule has 23 heavy (non-hydrogen) atoms. The second-order valence-corrected chi connectivity index (χ2v) is 6.00. The van der Waals surface area contributed by atoms with Crippen LogP contribution in [0.15, 0.2) is 52.9 Å². The van der Waals surface area contributed by atoms with Gasteiger partial charge in [0.2, 0.25) is 0 Å². The summed E-state index contributed by atoms with van der Waals surface area (Å²) in [6.45, 7) is 2.20. The van der Waals surface area contributed by atoms with Gasteiger partial charge < -0.3 is 0 Å². The van der Waals surface area contributed by atoms with E-state index in [4.69, 9.17) is 23.1 Å². The van der Waals surface area contributed by atoms with Crippen LogP contribution >= 0.6 is 0 Å². The van der Waals surface area contributed by atoms with Crippen molar-refractivity contribution in [1.29, 1.82) is 0 Å². The van der Waals surface area contributed by atoms with Gasteiger partial charge in [-0.1, -0.05) is 30.3 Å². The fourth-order valence-corrected chi connectivity index (χ4v) is 2.89. The van der Waals surface area contributed by atoms with E-state index in [1.54, 1.807) is 0 Å². The van der Waals surface area contributed by atoms with E-state index in [0.717, 1.165) is 17.8 Å². The predicted molar refractivity (Wildman–Crippen MR) is 73.6 cm³/mol. The molecule has 0 fully saturated rings. The molecule has 0 saturated carbocycles. The Morgan fingerprint density at radius 2 is 1.52 bits per heavy atom. The SMILES string of the molecule is Cc1c2c([o+]c3ccccc13)-c1ccccc1C2.[O-][Cl+3]([O-])([O-])[O-]. The molecule has 1 heterocycles. The van der Waals surface area contributed by atoms with Gasteiger partial charge >= 0.3 is 11.3 Å². The lowest BCUT2D eigenvalue weighted by molar-refractivity contribution is -2.00. The first-order chi connectivity index (χ1) is 10.8. The molecule has 0 aliphatic heterocycles. The molecule has 0 atom stereocenters. The van der Waals surface area contributed by atoms with Gasteiger partial charge in [0.1, 0.15) is 0 Å². The molecule has 4 rings (SSSR count). The zero-order valence-electron chi connectivity index (χ0n) is 12.2. The largest absolute Gasteiger partial charge is 0.364 e. The summed E-state index contributed by atoms with van der Waals surface area (Å²) in [6.07, 6.45) is 0.992. The van der Waals surface area contributed by atoms with E-state index >= 15 is 0 Å². The third-order valence-electron chi connectivity index (χ3n) is 3.86. The van der Waals surface area contributed by atoms with Crippen LogP contribution in [0.1, 0.15) is 16.7 Å². The Hall–Kier alpha value is -2.02. The molecule has 0 radical (unpaired) electrons. The number of aryl methyl sites for hydroxylation is 1. The summed E-state index contributed by atoms with van der Waals surface area (Å²) in [5.74, 6) is 1.06. The molecular formula is C17H13ClO5. The summed E-state index contributed by atoms with van der Waals surface area (Å²) >= 11 is 0. The van der Waals surface area contributed by atoms with Gasteiger partial charge in [-0.3, -0.25) is 0 Å². The molecule has 2 aromatic carbocycles. The summed E-state index contributed by atoms with van der Waals surface area (Å²) in [4.78, 5) is 0. The molecule has 0 unspecified atom stereocenters. The highest BCUT2D eigenvalue weighted by molar-refractivity contribution is 5.87. The highest BCUT2D eigenvalue weighted by atomic mass is 35.7. The molecule has 6 heteroatoms. The minimum atomic E-state index is -4.94. The van der Waals surface area contributed by atoms with Crippen LogP contribution in [0.5, 0.6) is 0 Å². The molecule has 1 aromatic heterocycles. The van der Waals surface area contributed by atoms with Gasteiger partial charge in [0.25, 0.3) is 0 Å². The summed E-state index contributed by atoms with van der Waals surface area (Å²) < 4.78 is 40.1. The smallest absolute Gasteiger partial charge is 0.222 e. The Kier molecular flexibility index (Phi) is 4.06. The van der Waals surface area contributed by atoms with Crippen LogP contribution in [0, 0.1) is 17.2 Å². The van der Waals surface area contributed by atoms with E-state index < -0.39 is 10.2 Å². The van der Waals surface area contributed by atoms with Crippen LogP contribution in [-0.2, 0) is 6.42 Å². The van der Waals surface area contributed by atoms with Crippen molar-refractivity contribution in [3.05, 3.63) is 65.2 Å². The Morgan fingerprint density at radius 1 is 0.913 bits per heavy atom. The molecule has 0 spiro atoms. The average molecular weight is 333 g/mol. The van der Waals surface area contributed by atoms with E-state index in [-0.39, 0.29) is 0 Å². The highest BCUT2D eigenvalue weighted by Crippen LogP contribution is 2.40. The zero-order chi connectivity index (χ0) is 16.6. The summed E-state index contributed by atoms with van der Waals surface area (Å²) in [5.41, 5.74) is 6.29. The fraction of sp³-hybridized carbons (Fsp3) is 0.118. The molecule has 0 saturated heterocycles. The lowest BCUT2D eigenvalue weighted by atomic mass is 10.0. The standard InChI is InChI=1S/C17H13O.ClHO4/c1-11-13-7-4-5-9-16(13)18-17-14-8-3-2-6-12(14)10-15(11)17;2-1(3,4)5/h2-9H,10H2,1H3;(H,2,3,4,5)/q+1;/p-1. The van der Waals surface area contributed by atoms with E-state index in [9.17, 15) is 0 Å². The Labute approximate surface area is 134 Å². The van der Waals surface area contributed by atoms with Crippen molar-refractivity contribution < 1.29 is 33.3 Å². The molecular weight excluding hydrogens is 320 g/mol. The maximum Gasteiger partial charge on any atom is 0.364 e. The quantitative estimate of drug-likeness (QED) is 0.416. The molecule has 0 amide bonds. The van der Waals surface area contributed by atoms with Crippen LogP contribution in [0.4, 0.5) is 0 Å². The number of para-hydroxylation sites is 1. The molecule has 3 aromatic rings. The predicted octanol–water partition coefficient (Wildman–Crippen LogP) is -0.162. The van der Waals surface area contributed by atoms with E-state index in [0.29, 0.717) is 0 Å². The third kappa shape index (κ3) is 3.34. The molecule has 0 bridgehead atoms. The lowest BCUT2D eigenvalue weighted by Gasteiger charge is -2.17. The van der Waals surface area contributed by atoms with Gasteiger partial charge in [-0.05, 0) is 30.2 Å². The number of fused-ring (bicyclic) bond motifs is 4. The van der Waals surface area contributed by atoms with Gasteiger partial charge in [-0.2, -0.15) is 0 Å². The van der Waals surface area contributed by atoms with Gasteiger partial charge in [0, 0.05) is 12.5 Å². The van der Waals surface area contributed by atoms with Crippen LogP contribution in [0.2, 0.25) is 0 Å². The van der Waals surface area contributed by atoms with Crippen molar-refractivity contribution in [3.8, 4) is 11.3 Å². The maximum absolute atomic E-state index is 8.49. The molecule has 118 valence electrons. The van der Waals surface area contributed by atoms with E-state index in [1.165, 1.54) is 27.6 Å². The number of hydrogen-bond acceptors (Lipinski definition) is 4. The van der Waals surface area contributed by atoms with Gasteiger partial charge in [0.05, 0.1) is 16.5 Å². The van der Waals surface area contributed by atoms with Crippen molar-refractivity contribution in [1.82, 2.24) is 0 Å². The van der Waals surface area contributed by atoms with Crippen molar-refractivity contribution in [2.45, 2.75) is 13.3 Å². The third-order valence-corrected chi connectivity index (χ3v) is 3.86. The summed E-state index contributed by atoms with van der Waals surface area (Å²) in [5, 5.41) is 1.23. The normalized spacial score (nSPS) is 12.4. The first kappa shape index (κ1) is 15.9. The van der Waals surface area contributed by atoms with Crippen molar-refractivity contribution in [2.24, 2.45) is 0 Å². The van der Waals surface area contributed by atoms with Gasteiger partial charge in [-0.25, -0.2) is 23.1 Å². The number of rotatable bonds is 0. The van der Waals surface area contributed by atoms with E-state index in [2.05, 4.69) is 43.3 Å². The van der Waals surface area contributed by atoms with Crippen molar-refractivity contribution in [3.63, 3.8) is 0 Å². The summed E-state index contributed by atoms with van der Waals surface area (Å²) in [6, 6.07) is 16.8. The van der Waals surface area contributed by atoms with E-state index in [1.807, 2.05) is 12.1 Å². The minimum absolute atomic E-state index is 0.977. The minimum Gasteiger partial charge on any atom is -0.222 e. The van der Waals surface area contributed by atoms with Crippen molar-refractivity contribution >= 4 is 11.0 Å². The second kappa shape index (κ2) is 5.88. The second-order valence-electron chi connectivity index (χ2n) is 5.24. The van der Waals surface area contributed by atoms with Crippen LogP contribution in [0.3, 0.4) is 0 Å². The monoisotopic (exact) mass is 332 g/mol.